The van der Waals surface area contributed by atoms with E-state index in [2.05, 4.69) is 46.9 Å². The Kier molecular flexibility index (Phi) is 6.86. The second kappa shape index (κ2) is 7.67. The maximum atomic E-state index is 3.79. The summed E-state index contributed by atoms with van der Waals surface area (Å²) < 4.78 is 0. The van der Waals surface area contributed by atoms with Crippen LogP contribution in [0.4, 0.5) is 0 Å². The van der Waals surface area contributed by atoms with Crippen LogP contribution in [-0.2, 0) is 0 Å². The van der Waals surface area contributed by atoms with Crippen molar-refractivity contribution in [2.75, 3.05) is 6.54 Å². The van der Waals surface area contributed by atoms with Gasteiger partial charge >= 0.3 is 0 Å². The first kappa shape index (κ1) is 17.0. The first-order valence-electron chi connectivity index (χ1n) is 8.55. The van der Waals surface area contributed by atoms with Crippen LogP contribution in [0.3, 0.4) is 0 Å². The number of rotatable bonds is 6. The van der Waals surface area contributed by atoms with E-state index in [0.717, 1.165) is 30.3 Å². The Morgan fingerprint density at radius 1 is 1.21 bits per heavy atom. The quantitative estimate of drug-likeness (QED) is 0.693. The van der Waals surface area contributed by atoms with E-state index < -0.39 is 0 Å². The van der Waals surface area contributed by atoms with Crippen molar-refractivity contribution in [3.63, 3.8) is 0 Å². The first-order chi connectivity index (χ1) is 8.81. The molecule has 0 saturated heterocycles. The molecule has 1 fully saturated rings. The SMILES string of the molecule is CCNC(CC(C)CC(C)(C)C)C1CCCC(C)C1. The van der Waals surface area contributed by atoms with E-state index in [1.54, 1.807) is 0 Å². The van der Waals surface area contributed by atoms with Crippen molar-refractivity contribution >= 4 is 0 Å². The fraction of sp³-hybridized carbons (Fsp3) is 1.00. The highest BCUT2D eigenvalue weighted by atomic mass is 14.9. The van der Waals surface area contributed by atoms with Gasteiger partial charge in [-0.25, -0.2) is 0 Å². The van der Waals surface area contributed by atoms with Crippen LogP contribution >= 0.6 is 0 Å². The van der Waals surface area contributed by atoms with Crippen molar-refractivity contribution in [2.24, 2.45) is 23.2 Å². The van der Waals surface area contributed by atoms with Crippen molar-refractivity contribution in [1.82, 2.24) is 5.32 Å². The lowest BCUT2D eigenvalue weighted by Gasteiger charge is -2.36. The average Bonchev–Trinajstić information content (AvgIpc) is 2.26. The summed E-state index contributed by atoms with van der Waals surface area (Å²) >= 11 is 0. The number of hydrogen-bond donors (Lipinski definition) is 1. The minimum atomic E-state index is 0.468. The zero-order valence-electron chi connectivity index (χ0n) is 14.3. The molecule has 1 aliphatic rings. The van der Waals surface area contributed by atoms with Gasteiger partial charge in [-0.1, -0.05) is 54.4 Å². The van der Waals surface area contributed by atoms with Crippen LogP contribution in [0.5, 0.6) is 0 Å². The molecule has 0 bridgehead atoms. The number of nitrogens with one attached hydrogen (secondary N) is 1. The third-order valence-corrected chi connectivity index (χ3v) is 4.63. The largest absolute Gasteiger partial charge is 0.314 e. The van der Waals surface area contributed by atoms with Crippen LogP contribution in [-0.4, -0.2) is 12.6 Å². The monoisotopic (exact) mass is 267 g/mol. The lowest BCUT2D eigenvalue weighted by molar-refractivity contribution is 0.187. The van der Waals surface area contributed by atoms with E-state index in [-0.39, 0.29) is 0 Å². The molecule has 1 aliphatic carbocycles. The van der Waals surface area contributed by atoms with Gasteiger partial charge in [0.2, 0.25) is 0 Å². The second-order valence-electron chi connectivity index (χ2n) is 8.30. The molecular weight excluding hydrogens is 230 g/mol. The molecule has 0 aromatic rings. The minimum Gasteiger partial charge on any atom is -0.314 e. The maximum absolute atomic E-state index is 3.79. The molecule has 1 nitrogen and oxygen atoms in total. The van der Waals surface area contributed by atoms with E-state index in [0.29, 0.717) is 5.41 Å². The van der Waals surface area contributed by atoms with Crippen LogP contribution in [0.1, 0.15) is 80.1 Å². The maximum Gasteiger partial charge on any atom is 0.00978 e. The molecule has 0 heterocycles. The van der Waals surface area contributed by atoms with Gasteiger partial charge in [0.15, 0.2) is 0 Å². The summed E-state index contributed by atoms with van der Waals surface area (Å²) in [5.74, 6) is 2.70. The molecule has 4 atom stereocenters. The normalized spacial score (nSPS) is 28.1. The van der Waals surface area contributed by atoms with Crippen molar-refractivity contribution in [2.45, 2.75) is 86.1 Å². The van der Waals surface area contributed by atoms with Crippen molar-refractivity contribution in [1.29, 1.82) is 0 Å². The van der Waals surface area contributed by atoms with Crippen molar-refractivity contribution in [3.05, 3.63) is 0 Å². The molecule has 0 radical (unpaired) electrons. The van der Waals surface area contributed by atoms with Gasteiger partial charge in [0.25, 0.3) is 0 Å². The van der Waals surface area contributed by atoms with Gasteiger partial charge in [0.05, 0.1) is 0 Å². The fourth-order valence-electron chi connectivity index (χ4n) is 4.11. The van der Waals surface area contributed by atoms with Gasteiger partial charge in [0.1, 0.15) is 0 Å². The molecule has 0 amide bonds. The average molecular weight is 268 g/mol. The van der Waals surface area contributed by atoms with Gasteiger partial charge in [-0.15, -0.1) is 0 Å². The highest BCUT2D eigenvalue weighted by Crippen LogP contribution is 2.34. The Morgan fingerprint density at radius 2 is 1.89 bits per heavy atom. The van der Waals surface area contributed by atoms with Gasteiger partial charge in [-0.2, -0.15) is 0 Å². The van der Waals surface area contributed by atoms with Crippen LogP contribution in [0.15, 0.2) is 0 Å². The van der Waals surface area contributed by atoms with Crippen molar-refractivity contribution in [3.8, 4) is 0 Å². The second-order valence-corrected chi connectivity index (χ2v) is 8.30. The summed E-state index contributed by atoms with van der Waals surface area (Å²) in [7, 11) is 0. The van der Waals surface area contributed by atoms with Gasteiger partial charge in [-0.3, -0.25) is 0 Å². The van der Waals surface area contributed by atoms with E-state index in [1.165, 1.54) is 38.5 Å². The molecule has 0 spiro atoms. The summed E-state index contributed by atoms with van der Waals surface area (Å²) in [6.45, 7) is 15.4. The van der Waals surface area contributed by atoms with E-state index in [9.17, 15) is 0 Å². The summed E-state index contributed by atoms with van der Waals surface area (Å²) in [5.41, 5.74) is 0.468. The molecule has 0 aromatic heterocycles. The van der Waals surface area contributed by atoms with Crippen LogP contribution < -0.4 is 5.32 Å². The van der Waals surface area contributed by atoms with Crippen molar-refractivity contribution < 1.29 is 0 Å². The Bertz CT molecular complexity index is 241. The Labute approximate surface area is 121 Å². The van der Waals surface area contributed by atoms with Crippen LogP contribution in [0, 0.1) is 23.2 Å². The Balaban J connectivity index is 2.51. The molecule has 1 saturated carbocycles. The molecule has 1 N–H and O–H groups in total. The van der Waals surface area contributed by atoms with E-state index in [4.69, 9.17) is 0 Å². The topological polar surface area (TPSA) is 12.0 Å². The molecule has 1 heteroatoms. The molecule has 1 rings (SSSR count). The Hall–Kier alpha value is -0.0400. The molecule has 4 unspecified atom stereocenters. The first-order valence-corrected chi connectivity index (χ1v) is 8.55. The molecule has 19 heavy (non-hydrogen) atoms. The Morgan fingerprint density at radius 3 is 2.42 bits per heavy atom. The summed E-state index contributed by atoms with van der Waals surface area (Å²) in [6, 6.07) is 0.755. The third-order valence-electron chi connectivity index (χ3n) is 4.63. The highest BCUT2D eigenvalue weighted by molar-refractivity contribution is 4.83. The number of hydrogen-bond acceptors (Lipinski definition) is 1. The van der Waals surface area contributed by atoms with Gasteiger partial charge in [0, 0.05) is 6.04 Å². The van der Waals surface area contributed by atoms with E-state index in [1.807, 2.05) is 0 Å². The molecular formula is C18H37N. The lowest BCUT2D eigenvalue weighted by atomic mass is 9.74. The van der Waals surface area contributed by atoms with Gasteiger partial charge < -0.3 is 5.32 Å². The summed E-state index contributed by atoms with van der Waals surface area (Å²) in [5, 5.41) is 3.79. The zero-order valence-corrected chi connectivity index (χ0v) is 14.3. The minimum absolute atomic E-state index is 0.468. The predicted molar refractivity (Wildman–Crippen MR) is 86.4 cm³/mol. The fourth-order valence-corrected chi connectivity index (χ4v) is 4.11. The predicted octanol–water partition coefficient (Wildman–Crippen LogP) is 5.25. The summed E-state index contributed by atoms with van der Waals surface area (Å²) in [6.07, 6.45) is 8.50. The third kappa shape index (κ3) is 6.79. The van der Waals surface area contributed by atoms with Crippen LogP contribution in [0.2, 0.25) is 0 Å². The smallest absolute Gasteiger partial charge is 0.00978 e. The summed E-state index contributed by atoms with van der Waals surface area (Å²) in [4.78, 5) is 0. The molecule has 0 aliphatic heterocycles. The lowest BCUT2D eigenvalue weighted by Crippen LogP contribution is -2.39. The molecule has 114 valence electrons. The molecule has 0 aromatic carbocycles. The highest BCUT2D eigenvalue weighted by Gasteiger charge is 2.28. The zero-order chi connectivity index (χ0) is 14.5. The van der Waals surface area contributed by atoms with E-state index >= 15 is 0 Å². The van der Waals surface area contributed by atoms with Gasteiger partial charge in [-0.05, 0) is 55.4 Å². The standard InChI is InChI=1S/C18H37N/c1-7-19-17(12-15(3)13-18(4,5)6)16-10-8-9-14(2)11-16/h14-17,19H,7-13H2,1-6H3. The van der Waals surface area contributed by atoms with Crippen LogP contribution in [0.25, 0.3) is 0 Å².